The Morgan fingerprint density at radius 1 is 1.26 bits per heavy atom. The maximum absolute atomic E-state index is 10.2. The predicted octanol–water partition coefficient (Wildman–Crippen LogP) is 5.33. The average Bonchev–Trinajstić information content (AvgIpc) is 3.10. The standard InChI is InChI=1S/C17H20ClN3OS/c18-14-5-7-15(8-6-14)21(22)16(19)11-12-1-3-13(4-2-12)17-20-9-10-23-17/h5-10,12-13,19,22H,1-4,11H2. The summed E-state index contributed by atoms with van der Waals surface area (Å²) < 4.78 is 0. The van der Waals surface area contributed by atoms with E-state index < -0.39 is 0 Å². The van der Waals surface area contributed by atoms with Crippen molar-refractivity contribution in [2.45, 2.75) is 38.0 Å². The molecule has 0 saturated heterocycles. The van der Waals surface area contributed by atoms with E-state index in [1.54, 1.807) is 35.6 Å². The van der Waals surface area contributed by atoms with Crippen LogP contribution in [0.4, 0.5) is 5.69 Å². The van der Waals surface area contributed by atoms with Crippen molar-refractivity contribution in [1.29, 1.82) is 5.41 Å². The van der Waals surface area contributed by atoms with Crippen molar-refractivity contribution in [2.75, 3.05) is 5.06 Å². The molecule has 23 heavy (non-hydrogen) atoms. The van der Waals surface area contributed by atoms with E-state index in [9.17, 15) is 5.21 Å². The van der Waals surface area contributed by atoms with Gasteiger partial charge in [0.1, 0.15) is 5.84 Å². The Morgan fingerprint density at radius 3 is 2.57 bits per heavy atom. The minimum absolute atomic E-state index is 0.241. The number of hydroxylamine groups is 1. The summed E-state index contributed by atoms with van der Waals surface area (Å²) in [4.78, 5) is 4.42. The second-order valence-corrected chi connectivity index (χ2v) is 7.39. The summed E-state index contributed by atoms with van der Waals surface area (Å²) in [5.41, 5.74) is 0.580. The van der Waals surface area contributed by atoms with Crippen molar-refractivity contribution >= 4 is 34.5 Å². The number of hydrogen-bond donors (Lipinski definition) is 2. The molecule has 1 saturated carbocycles. The lowest BCUT2D eigenvalue weighted by Crippen LogP contribution is -2.29. The van der Waals surface area contributed by atoms with Gasteiger partial charge >= 0.3 is 0 Å². The first-order chi connectivity index (χ1) is 11.1. The molecule has 122 valence electrons. The number of hydrogen-bond acceptors (Lipinski definition) is 4. The van der Waals surface area contributed by atoms with Gasteiger partial charge in [0.2, 0.25) is 0 Å². The minimum atomic E-state index is 0.241. The van der Waals surface area contributed by atoms with E-state index in [1.165, 1.54) is 5.01 Å². The molecule has 0 radical (unpaired) electrons. The van der Waals surface area contributed by atoms with E-state index in [0.717, 1.165) is 30.7 Å². The molecular formula is C17H20ClN3OS. The minimum Gasteiger partial charge on any atom is -0.286 e. The van der Waals surface area contributed by atoms with E-state index in [4.69, 9.17) is 17.0 Å². The molecule has 4 nitrogen and oxygen atoms in total. The van der Waals surface area contributed by atoms with Gasteiger partial charge < -0.3 is 0 Å². The summed E-state index contributed by atoms with van der Waals surface area (Å²) >= 11 is 7.58. The van der Waals surface area contributed by atoms with Crippen LogP contribution in [-0.4, -0.2) is 16.0 Å². The van der Waals surface area contributed by atoms with Crippen LogP contribution >= 0.6 is 22.9 Å². The Hall–Kier alpha value is -1.43. The van der Waals surface area contributed by atoms with Crippen molar-refractivity contribution in [3.05, 3.63) is 45.9 Å². The van der Waals surface area contributed by atoms with E-state index >= 15 is 0 Å². The summed E-state index contributed by atoms with van der Waals surface area (Å²) in [5, 5.41) is 23.2. The molecule has 0 bridgehead atoms. The van der Waals surface area contributed by atoms with Crippen molar-refractivity contribution < 1.29 is 5.21 Å². The van der Waals surface area contributed by atoms with Crippen LogP contribution < -0.4 is 5.06 Å². The SMILES string of the molecule is N=C(CC1CCC(c2nccs2)CC1)N(O)c1ccc(Cl)cc1. The lowest BCUT2D eigenvalue weighted by atomic mass is 9.80. The van der Waals surface area contributed by atoms with Crippen LogP contribution in [0.2, 0.25) is 5.02 Å². The molecule has 0 atom stereocenters. The highest BCUT2D eigenvalue weighted by Gasteiger charge is 2.25. The van der Waals surface area contributed by atoms with Gasteiger partial charge in [0, 0.05) is 28.9 Å². The number of amidine groups is 1. The van der Waals surface area contributed by atoms with E-state index in [0.29, 0.717) is 29.0 Å². The Kier molecular flexibility index (Phi) is 5.30. The third kappa shape index (κ3) is 4.10. The molecule has 0 aliphatic heterocycles. The van der Waals surface area contributed by atoms with Crippen LogP contribution in [0, 0.1) is 11.3 Å². The van der Waals surface area contributed by atoms with Crippen LogP contribution in [0.3, 0.4) is 0 Å². The van der Waals surface area contributed by atoms with Gasteiger partial charge in [-0.25, -0.2) is 10.0 Å². The van der Waals surface area contributed by atoms with Gasteiger partial charge in [0.15, 0.2) is 0 Å². The molecule has 3 rings (SSSR count). The molecule has 0 spiro atoms. The molecule has 1 aromatic carbocycles. The van der Waals surface area contributed by atoms with Gasteiger partial charge in [-0.15, -0.1) is 11.3 Å². The first kappa shape index (κ1) is 16.4. The summed E-state index contributed by atoms with van der Waals surface area (Å²) in [7, 11) is 0. The summed E-state index contributed by atoms with van der Waals surface area (Å²) in [5.74, 6) is 1.27. The molecular weight excluding hydrogens is 330 g/mol. The number of aromatic nitrogens is 1. The maximum Gasteiger partial charge on any atom is 0.127 e. The van der Waals surface area contributed by atoms with E-state index in [1.807, 2.05) is 11.6 Å². The fraction of sp³-hybridized carbons (Fsp3) is 0.412. The van der Waals surface area contributed by atoms with Crippen LogP contribution in [0.5, 0.6) is 0 Å². The summed E-state index contributed by atoms with van der Waals surface area (Å²) in [6, 6.07) is 6.87. The highest BCUT2D eigenvalue weighted by atomic mass is 35.5. The molecule has 0 unspecified atom stereocenters. The molecule has 6 heteroatoms. The summed E-state index contributed by atoms with van der Waals surface area (Å²) in [6.07, 6.45) is 6.89. The third-order valence-electron chi connectivity index (χ3n) is 4.46. The Balaban J connectivity index is 1.52. The van der Waals surface area contributed by atoms with Crippen LogP contribution in [0.1, 0.15) is 43.0 Å². The number of benzene rings is 1. The van der Waals surface area contributed by atoms with Gasteiger partial charge in [-0.1, -0.05) is 11.6 Å². The molecule has 1 fully saturated rings. The monoisotopic (exact) mass is 349 g/mol. The van der Waals surface area contributed by atoms with E-state index in [2.05, 4.69) is 4.98 Å². The normalized spacial score (nSPS) is 21.1. The first-order valence-corrected chi connectivity index (χ1v) is 9.10. The van der Waals surface area contributed by atoms with Gasteiger partial charge in [-0.2, -0.15) is 0 Å². The lowest BCUT2D eigenvalue weighted by Gasteiger charge is -2.28. The number of thiazole rings is 1. The van der Waals surface area contributed by atoms with Crippen molar-refractivity contribution in [3.8, 4) is 0 Å². The van der Waals surface area contributed by atoms with Crippen molar-refractivity contribution in [2.24, 2.45) is 5.92 Å². The zero-order chi connectivity index (χ0) is 16.2. The Bertz CT molecular complexity index is 636. The molecule has 1 aliphatic rings. The second kappa shape index (κ2) is 7.43. The maximum atomic E-state index is 10.2. The van der Waals surface area contributed by atoms with Crippen LogP contribution in [0.25, 0.3) is 0 Å². The third-order valence-corrected chi connectivity index (χ3v) is 5.65. The number of rotatable bonds is 4. The lowest BCUT2D eigenvalue weighted by molar-refractivity contribution is 0.294. The van der Waals surface area contributed by atoms with E-state index in [-0.39, 0.29) is 5.84 Å². The van der Waals surface area contributed by atoms with Gasteiger partial charge in [0.05, 0.1) is 10.7 Å². The average molecular weight is 350 g/mol. The molecule has 0 amide bonds. The highest BCUT2D eigenvalue weighted by Crippen LogP contribution is 2.38. The highest BCUT2D eigenvalue weighted by molar-refractivity contribution is 7.09. The first-order valence-electron chi connectivity index (χ1n) is 7.85. The number of nitrogens with one attached hydrogen (secondary N) is 1. The van der Waals surface area contributed by atoms with Gasteiger partial charge in [-0.3, -0.25) is 10.6 Å². The Labute approximate surface area is 145 Å². The molecule has 2 aromatic rings. The molecule has 2 N–H and O–H groups in total. The zero-order valence-electron chi connectivity index (χ0n) is 12.8. The molecule has 1 heterocycles. The fourth-order valence-electron chi connectivity index (χ4n) is 3.15. The van der Waals surface area contributed by atoms with Crippen molar-refractivity contribution in [3.63, 3.8) is 0 Å². The number of halogens is 1. The van der Waals surface area contributed by atoms with Crippen molar-refractivity contribution in [1.82, 2.24) is 4.98 Å². The van der Waals surface area contributed by atoms with Gasteiger partial charge in [-0.05, 0) is 55.9 Å². The fourth-order valence-corrected chi connectivity index (χ4v) is 4.08. The zero-order valence-corrected chi connectivity index (χ0v) is 14.4. The van der Waals surface area contributed by atoms with Gasteiger partial charge in [0.25, 0.3) is 0 Å². The molecule has 1 aromatic heterocycles. The largest absolute Gasteiger partial charge is 0.286 e. The smallest absolute Gasteiger partial charge is 0.127 e. The summed E-state index contributed by atoms with van der Waals surface area (Å²) in [6.45, 7) is 0. The number of anilines is 1. The quantitative estimate of drug-likeness (QED) is 0.445. The number of nitrogens with zero attached hydrogens (tertiary/aromatic N) is 2. The van der Waals surface area contributed by atoms with Crippen LogP contribution in [0.15, 0.2) is 35.8 Å². The second-order valence-electron chi connectivity index (χ2n) is 6.03. The molecule has 1 aliphatic carbocycles. The van der Waals surface area contributed by atoms with Crippen LogP contribution in [-0.2, 0) is 0 Å². The Morgan fingerprint density at radius 2 is 1.96 bits per heavy atom. The topological polar surface area (TPSA) is 60.2 Å². The predicted molar refractivity (Wildman–Crippen MR) is 94.9 cm³/mol.